The highest BCUT2D eigenvalue weighted by Crippen LogP contribution is 2.23. The normalized spacial score (nSPS) is 9.83. The Labute approximate surface area is 104 Å². The summed E-state index contributed by atoms with van der Waals surface area (Å²) in [6, 6.07) is 10.1. The van der Waals surface area contributed by atoms with Gasteiger partial charge in [0.15, 0.2) is 0 Å². The number of carbonyl (C=O) groups excluding carboxylic acids is 2. The Kier molecular flexibility index (Phi) is 3.43. The van der Waals surface area contributed by atoms with E-state index in [0.29, 0.717) is 11.4 Å². The zero-order valence-corrected chi connectivity index (χ0v) is 9.77. The molecule has 5 nitrogen and oxygen atoms in total. The van der Waals surface area contributed by atoms with Crippen LogP contribution in [0, 0.1) is 0 Å². The van der Waals surface area contributed by atoms with Crippen LogP contribution in [0.25, 0.3) is 0 Å². The first-order valence-electron chi connectivity index (χ1n) is 5.34. The van der Waals surface area contributed by atoms with Gasteiger partial charge >= 0.3 is 0 Å². The van der Waals surface area contributed by atoms with Gasteiger partial charge in [-0.2, -0.15) is 0 Å². The molecule has 0 unspecified atom stereocenters. The third-order valence-corrected chi connectivity index (χ3v) is 2.40. The number of H-pyrrole nitrogens is 1. The van der Waals surface area contributed by atoms with E-state index in [1.165, 1.54) is 7.11 Å². The van der Waals surface area contributed by atoms with E-state index < -0.39 is 11.7 Å². The van der Waals surface area contributed by atoms with E-state index in [1.807, 2.05) is 0 Å². The third-order valence-electron chi connectivity index (χ3n) is 2.40. The lowest BCUT2D eigenvalue weighted by atomic mass is 10.2. The second kappa shape index (κ2) is 5.18. The van der Waals surface area contributed by atoms with Crippen molar-refractivity contribution < 1.29 is 14.3 Å². The molecule has 2 N–H and O–H groups in total. The first-order chi connectivity index (χ1) is 8.72. The molecule has 0 saturated carbocycles. The van der Waals surface area contributed by atoms with E-state index in [-0.39, 0.29) is 5.69 Å². The summed E-state index contributed by atoms with van der Waals surface area (Å²) in [5.41, 5.74) is 0.715. The summed E-state index contributed by atoms with van der Waals surface area (Å²) in [4.78, 5) is 26.2. The quantitative estimate of drug-likeness (QED) is 0.636. The number of hydrogen-bond acceptors (Lipinski definition) is 3. The van der Waals surface area contributed by atoms with E-state index >= 15 is 0 Å². The molecule has 2 rings (SSSR count). The van der Waals surface area contributed by atoms with Gasteiger partial charge in [0.2, 0.25) is 0 Å². The molecule has 0 saturated heterocycles. The number of aromatic amines is 1. The molecule has 0 spiro atoms. The number of para-hydroxylation sites is 2. The Morgan fingerprint density at radius 1 is 1.17 bits per heavy atom. The highest BCUT2D eigenvalue weighted by Gasteiger charge is 2.18. The number of ether oxygens (including phenoxy) is 1. The lowest BCUT2D eigenvalue weighted by molar-refractivity contribution is -0.112. The highest BCUT2D eigenvalue weighted by atomic mass is 16.5. The average Bonchev–Trinajstić information content (AvgIpc) is 2.92. The van der Waals surface area contributed by atoms with Crippen molar-refractivity contribution in [2.75, 3.05) is 12.4 Å². The number of carbonyl (C=O) groups is 2. The fourth-order valence-electron chi connectivity index (χ4n) is 1.52. The van der Waals surface area contributed by atoms with Crippen LogP contribution in [-0.2, 0) is 4.79 Å². The number of ketones is 1. The van der Waals surface area contributed by atoms with Gasteiger partial charge in [-0.25, -0.2) is 0 Å². The number of benzene rings is 1. The van der Waals surface area contributed by atoms with Crippen LogP contribution in [0.2, 0.25) is 0 Å². The molecule has 18 heavy (non-hydrogen) atoms. The van der Waals surface area contributed by atoms with Crippen molar-refractivity contribution in [3.63, 3.8) is 0 Å². The third kappa shape index (κ3) is 2.40. The largest absolute Gasteiger partial charge is 0.495 e. The lowest BCUT2D eigenvalue weighted by Gasteiger charge is -2.08. The average molecular weight is 244 g/mol. The van der Waals surface area contributed by atoms with Crippen LogP contribution in [0.1, 0.15) is 10.5 Å². The molecule has 0 aliphatic carbocycles. The number of rotatable bonds is 4. The van der Waals surface area contributed by atoms with Crippen molar-refractivity contribution in [2.24, 2.45) is 0 Å². The van der Waals surface area contributed by atoms with E-state index in [4.69, 9.17) is 4.74 Å². The highest BCUT2D eigenvalue weighted by molar-refractivity contribution is 6.46. The maximum Gasteiger partial charge on any atom is 0.298 e. The van der Waals surface area contributed by atoms with E-state index in [1.54, 1.807) is 42.6 Å². The molecular weight excluding hydrogens is 232 g/mol. The van der Waals surface area contributed by atoms with Crippen molar-refractivity contribution in [3.05, 3.63) is 48.3 Å². The zero-order chi connectivity index (χ0) is 13.0. The molecule has 0 radical (unpaired) electrons. The first-order valence-corrected chi connectivity index (χ1v) is 5.34. The molecule has 0 aliphatic heterocycles. The van der Waals surface area contributed by atoms with Gasteiger partial charge in [0.05, 0.1) is 18.5 Å². The molecular formula is C13H12N2O3. The number of hydrogen-bond donors (Lipinski definition) is 2. The summed E-state index contributed by atoms with van der Waals surface area (Å²) in [5.74, 6) is -0.821. The van der Waals surface area contributed by atoms with Gasteiger partial charge in [-0.05, 0) is 24.3 Å². The summed E-state index contributed by atoms with van der Waals surface area (Å²) in [7, 11) is 1.50. The summed E-state index contributed by atoms with van der Waals surface area (Å²) in [5, 5.41) is 2.52. The Hall–Kier alpha value is -2.56. The van der Waals surface area contributed by atoms with Crippen LogP contribution in [0.4, 0.5) is 5.69 Å². The molecule has 0 aliphatic rings. The van der Waals surface area contributed by atoms with Gasteiger partial charge < -0.3 is 15.0 Å². The van der Waals surface area contributed by atoms with Gasteiger partial charge in [0.25, 0.3) is 11.7 Å². The van der Waals surface area contributed by atoms with Crippen LogP contribution in [-0.4, -0.2) is 23.8 Å². The van der Waals surface area contributed by atoms with Crippen LogP contribution >= 0.6 is 0 Å². The van der Waals surface area contributed by atoms with E-state index in [2.05, 4.69) is 10.3 Å². The molecule has 92 valence electrons. The number of nitrogens with one attached hydrogen (secondary N) is 2. The number of Topliss-reactive ketones (excluding diaryl/α,β-unsaturated/α-hetero) is 1. The second-order valence-corrected chi connectivity index (χ2v) is 3.57. The van der Waals surface area contributed by atoms with Crippen molar-refractivity contribution in [3.8, 4) is 5.75 Å². The van der Waals surface area contributed by atoms with Crippen molar-refractivity contribution in [1.29, 1.82) is 0 Å². The molecule has 0 bridgehead atoms. The predicted octanol–water partition coefficient (Wildman–Crippen LogP) is 1.84. The van der Waals surface area contributed by atoms with Gasteiger partial charge in [-0.15, -0.1) is 0 Å². The Morgan fingerprint density at radius 3 is 2.61 bits per heavy atom. The first kappa shape index (κ1) is 11.9. The van der Waals surface area contributed by atoms with Crippen LogP contribution in [0.5, 0.6) is 5.75 Å². The van der Waals surface area contributed by atoms with Crippen molar-refractivity contribution >= 4 is 17.4 Å². The smallest absolute Gasteiger partial charge is 0.298 e. The zero-order valence-electron chi connectivity index (χ0n) is 9.77. The van der Waals surface area contributed by atoms with Gasteiger partial charge in [0.1, 0.15) is 5.75 Å². The summed E-state index contributed by atoms with van der Waals surface area (Å²) in [6.45, 7) is 0. The van der Waals surface area contributed by atoms with E-state index in [9.17, 15) is 9.59 Å². The molecule has 5 heteroatoms. The van der Waals surface area contributed by atoms with Crippen LogP contribution < -0.4 is 10.1 Å². The minimum absolute atomic E-state index is 0.252. The summed E-state index contributed by atoms with van der Waals surface area (Å²) < 4.78 is 5.08. The van der Waals surface area contributed by atoms with Gasteiger partial charge in [-0.1, -0.05) is 12.1 Å². The number of methoxy groups -OCH3 is 1. The number of anilines is 1. The van der Waals surface area contributed by atoms with Crippen LogP contribution in [0.15, 0.2) is 42.6 Å². The standard InChI is InChI=1S/C13H12N2O3/c1-18-11-7-3-2-5-9(11)15-13(17)12(16)10-6-4-8-14-10/h2-8,14H,1H3,(H,15,17). The Bertz CT molecular complexity index is 561. The van der Waals surface area contributed by atoms with E-state index in [0.717, 1.165) is 0 Å². The molecule has 0 atom stereocenters. The molecule has 1 aromatic carbocycles. The molecule has 1 amide bonds. The summed E-state index contributed by atoms with van der Waals surface area (Å²) in [6.07, 6.45) is 1.59. The second-order valence-electron chi connectivity index (χ2n) is 3.57. The minimum atomic E-state index is -0.707. The monoisotopic (exact) mass is 244 g/mol. The SMILES string of the molecule is COc1ccccc1NC(=O)C(=O)c1ccc[nH]1. The van der Waals surface area contributed by atoms with Gasteiger partial charge in [0, 0.05) is 6.20 Å². The molecule has 1 heterocycles. The lowest BCUT2D eigenvalue weighted by Crippen LogP contribution is -2.23. The fourth-order valence-corrected chi connectivity index (χ4v) is 1.52. The van der Waals surface area contributed by atoms with Crippen molar-refractivity contribution in [2.45, 2.75) is 0 Å². The predicted molar refractivity (Wildman–Crippen MR) is 66.7 cm³/mol. The maximum atomic E-state index is 11.7. The Balaban J connectivity index is 2.14. The fraction of sp³-hybridized carbons (Fsp3) is 0.0769. The van der Waals surface area contributed by atoms with Crippen molar-refractivity contribution in [1.82, 2.24) is 4.98 Å². The van der Waals surface area contributed by atoms with Gasteiger partial charge in [-0.3, -0.25) is 9.59 Å². The molecule has 2 aromatic rings. The Morgan fingerprint density at radius 2 is 1.94 bits per heavy atom. The molecule has 0 fully saturated rings. The molecule has 1 aromatic heterocycles. The minimum Gasteiger partial charge on any atom is -0.495 e. The number of amides is 1. The van der Waals surface area contributed by atoms with Crippen LogP contribution in [0.3, 0.4) is 0 Å². The maximum absolute atomic E-state index is 11.7. The topological polar surface area (TPSA) is 71.2 Å². The number of aromatic nitrogens is 1. The summed E-state index contributed by atoms with van der Waals surface area (Å²) >= 11 is 0.